The molecule has 102 valence electrons. The van der Waals surface area contributed by atoms with E-state index in [-0.39, 0.29) is 0 Å². The first-order chi connectivity index (χ1) is 8.54. The molecule has 1 unspecified atom stereocenters. The Morgan fingerprint density at radius 2 is 2.39 bits per heavy atom. The second-order valence-electron chi connectivity index (χ2n) is 4.26. The average Bonchev–Trinajstić information content (AvgIpc) is 2.70. The number of imidazole rings is 1. The van der Waals surface area contributed by atoms with E-state index >= 15 is 0 Å². The van der Waals surface area contributed by atoms with Crippen LogP contribution < -0.4 is 0 Å². The highest BCUT2D eigenvalue weighted by Gasteiger charge is 2.18. The minimum absolute atomic E-state index is 0.417. The quantitative estimate of drug-likeness (QED) is 0.741. The molecule has 18 heavy (non-hydrogen) atoms. The van der Waals surface area contributed by atoms with Gasteiger partial charge in [-0.25, -0.2) is 9.78 Å². The largest absolute Gasteiger partial charge is 0.479 e. The van der Waals surface area contributed by atoms with Gasteiger partial charge in [-0.3, -0.25) is 4.90 Å². The van der Waals surface area contributed by atoms with Gasteiger partial charge in [-0.15, -0.1) is 0 Å². The van der Waals surface area contributed by atoms with Gasteiger partial charge in [0.15, 0.2) is 6.10 Å². The van der Waals surface area contributed by atoms with Gasteiger partial charge < -0.3 is 14.4 Å². The van der Waals surface area contributed by atoms with E-state index in [1.165, 1.54) is 0 Å². The third kappa shape index (κ3) is 4.46. The Hall–Kier alpha value is -1.40. The van der Waals surface area contributed by atoms with Gasteiger partial charge in [0.2, 0.25) is 0 Å². The Morgan fingerprint density at radius 1 is 1.67 bits per heavy atom. The van der Waals surface area contributed by atoms with E-state index in [9.17, 15) is 4.79 Å². The van der Waals surface area contributed by atoms with E-state index in [2.05, 4.69) is 4.98 Å². The van der Waals surface area contributed by atoms with Crippen LogP contribution in [-0.4, -0.2) is 51.8 Å². The normalized spacial score (nSPS) is 12.9. The molecule has 1 rings (SSSR count). The number of ether oxygens (including phenoxy) is 1. The lowest BCUT2D eigenvalue weighted by Gasteiger charge is -2.19. The van der Waals surface area contributed by atoms with Crippen LogP contribution in [0.2, 0.25) is 0 Å². The lowest BCUT2D eigenvalue weighted by atomic mass is 10.2. The summed E-state index contributed by atoms with van der Waals surface area (Å²) in [6.45, 7) is 3.57. The molecule has 6 heteroatoms. The molecule has 0 aliphatic heterocycles. The Bertz CT molecular complexity index is 378. The van der Waals surface area contributed by atoms with Crippen molar-refractivity contribution < 1.29 is 14.6 Å². The molecule has 1 heterocycles. The molecular formula is C12H21N3O3. The van der Waals surface area contributed by atoms with E-state index in [1.54, 1.807) is 13.1 Å². The van der Waals surface area contributed by atoms with E-state index in [1.807, 2.05) is 29.8 Å². The average molecular weight is 255 g/mol. The number of carboxylic acids is 1. The molecule has 0 bridgehead atoms. The van der Waals surface area contributed by atoms with Gasteiger partial charge in [-0.2, -0.15) is 0 Å². The molecule has 0 amide bonds. The van der Waals surface area contributed by atoms with Crippen molar-refractivity contribution in [1.29, 1.82) is 0 Å². The van der Waals surface area contributed by atoms with E-state index in [0.717, 1.165) is 5.82 Å². The molecule has 0 fully saturated rings. The third-order valence-electron chi connectivity index (χ3n) is 2.75. The van der Waals surface area contributed by atoms with Crippen LogP contribution in [0.25, 0.3) is 0 Å². The molecule has 1 aromatic heterocycles. The summed E-state index contributed by atoms with van der Waals surface area (Å²) in [7, 11) is 3.88. The number of hydrogen-bond acceptors (Lipinski definition) is 4. The summed E-state index contributed by atoms with van der Waals surface area (Å²) in [6.07, 6.45) is 3.40. The van der Waals surface area contributed by atoms with Crippen molar-refractivity contribution in [3.05, 3.63) is 18.2 Å². The van der Waals surface area contributed by atoms with Crippen molar-refractivity contribution in [3.63, 3.8) is 0 Å². The number of rotatable bonds is 8. The molecule has 0 spiro atoms. The zero-order chi connectivity index (χ0) is 13.5. The van der Waals surface area contributed by atoms with Crippen molar-refractivity contribution in [2.24, 2.45) is 7.05 Å². The Kier molecular flexibility index (Phi) is 5.80. The van der Waals surface area contributed by atoms with Gasteiger partial charge in [-0.1, -0.05) is 0 Å². The number of hydrogen-bond donors (Lipinski definition) is 1. The van der Waals surface area contributed by atoms with Gasteiger partial charge in [0, 0.05) is 32.6 Å². The highest BCUT2D eigenvalue weighted by Crippen LogP contribution is 2.04. The summed E-state index contributed by atoms with van der Waals surface area (Å²) < 4.78 is 7.12. The van der Waals surface area contributed by atoms with Gasteiger partial charge in [-0.05, 0) is 20.4 Å². The standard InChI is InChI=1S/C12H21N3O3/c1-4-18-10(12(16)17)5-7-14(2)9-11-13-6-8-15(11)3/h6,8,10H,4-5,7,9H2,1-3H3,(H,16,17). The number of aliphatic carboxylic acids is 1. The second kappa shape index (κ2) is 7.13. The van der Waals surface area contributed by atoms with Crippen molar-refractivity contribution in [2.45, 2.75) is 26.0 Å². The summed E-state index contributed by atoms with van der Waals surface area (Å²) in [6, 6.07) is 0. The SMILES string of the molecule is CCOC(CCN(C)Cc1nccn1C)C(=O)O. The number of carboxylic acid groups (broad SMARTS) is 1. The summed E-state index contributed by atoms with van der Waals surface area (Å²) in [5.41, 5.74) is 0. The minimum Gasteiger partial charge on any atom is -0.479 e. The van der Waals surface area contributed by atoms with Gasteiger partial charge in [0.1, 0.15) is 5.82 Å². The number of nitrogens with zero attached hydrogens (tertiary/aromatic N) is 3. The van der Waals surface area contributed by atoms with Crippen LogP contribution in [0.1, 0.15) is 19.2 Å². The predicted octanol–water partition coefficient (Wildman–Crippen LogP) is 0.732. The number of aryl methyl sites for hydroxylation is 1. The van der Waals surface area contributed by atoms with Crippen LogP contribution in [0, 0.1) is 0 Å². The molecular weight excluding hydrogens is 234 g/mol. The molecule has 0 radical (unpaired) electrons. The summed E-state index contributed by atoms with van der Waals surface area (Å²) in [5, 5.41) is 8.96. The topological polar surface area (TPSA) is 67.6 Å². The number of aromatic nitrogens is 2. The monoisotopic (exact) mass is 255 g/mol. The smallest absolute Gasteiger partial charge is 0.332 e. The van der Waals surface area contributed by atoms with Crippen LogP contribution in [0.15, 0.2) is 12.4 Å². The fraction of sp³-hybridized carbons (Fsp3) is 0.667. The fourth-order valence-electron chi connectivity index (χ4n) is 1.69. The lowest BCUT2D eigenvalue weighted by molar-refractivity contribution is -0.150. The Morgan fingerprint density at radius 3 is 2.89 bits per heavy atom. The zero-order valence-corrected chi connectivity index (χ0v) is 11.2. The Balaban J connectivity index is 2.38. The van der Waals surface area contributed by atoms with Gasteiger partial charge >= 0.3 is 5.97 Å². The maximum Gasteiger partial charge on any atom is 0.332 e. The maximum absolute atomic E-state index is 10.9. The lowest BCUT2D eigenvalue weighted by Crippen LogP contribution is -2.30. The van der Waals surface area contributed by atoms with Crippen LogP contribution in [0.3, 0.4) is 0 Å². The first-order valence-corrected chi connectivity index (χ1v) is 6.03. The molecule has 1 atom stereocenters. The zero-order valence-electron chi connectivity index (χ0n) is 11.2. The second-order valence-corrected chi connectivity index (χ2v) is 4.26. The molecule has 0 aromatic carbocycles. The predicted molar refractivity (Wildman–Crippen MR) is 67.2 cm³/mol. The first-order valence-electron chi connectivity index (χ1n) is 6.03. The van der Waals surface area contributed by atoms with Gasteiger partial charge in [0.05, 0.1) is 6.54 Å². The molecule has 0 aliphatic rings. The minimum atomic E-state index is -0.901. The van der Waals surface area contributed by atoms with Crippen molar-refractivity contribution in [3.8, 4) is 0 Å². The molecule has 1 N–H and O–H groups in total. The summed E-state index contributed by atoms with van der Waals surface area (Å²) >= 11 is 0. The highest BCUT2D eigenvalue weighted by molar-refractivity contribution is 5.72. The van der Waals surface area contributed by atoms with Crippen molar-refractivity contribution in [1.82, 2.24) is 14.5 Å². The van der Waals surface area contributed by atoms with E-state index < -0.39 is 12.1 Å². The molecule has 0 saturated heterocycles. The summed E-state index contributed by atoms with van der Waals surface area (Å²) in [4.78, 5) is 17.2. The van der Waals surface area contributed by atoms with E-state index in [0.29, 0.717) is 26.1 Å². The van der Waals surface area contributed by atoms with Gasteiger partial charge in [0.25, 0.3) is 0 Å². The third-order valence-corrected chi connectivity index (χ3v) is 2.75. The van der Waals surface area contributed by atoms with Crippen LogP contribution in [0.4, 0.5) is 0 Å². The molecule has 6 nitrogen and oxygen atoms in total. The van der Waals surface area contributed by atoms with Crippen LogP contribution in [0.5, 0.6) is 0 Å². The maximum atomic E-state index is 10.9. The van der Waals surface area contributed by atoms with Crippen molar-refractivity contribution in [2.75, 3.05) is 20.2 Å². The van der Waals surface area contributed by atoms with Crippen LogP contribution >= 0.6 is 0 Å². The molecule has 0 aliphatic carbocycles. The Labute approximate surface area is 107 Å². The molecule has 1 aromatic rings. The first kappa shape index (κ1) is 14.7. The van der Waals surface area contributed by atoms with E-state index in [4.69, 9.17) is 9.84 Å². The van der Waals surface area contributed by atoms with Crippen LogP contribution in [-0.2, 0) is 23.1 Å². The molecule has 0 saturated carbocycles. The van der Waals surface area contributed by atoms with Crippen molar-refractivity contribution >= 4 is 5.97 Å². The fourth-order valence-corrected chi connectivity index (χ4v) is 1.69. The number of carbonyl (C=O) groups is 1. The highest BCUT2D eigenvalue weighted by atomic mass is 16.5. The summed E-state index contributed by atoms with van der Waals surface area (Å²) in [5.74, 6) is 0.0584.